The van der Waals surface area contributed by atoms with Crippen LogP contribution in [0.5, 0.6) is 5.75 Å². The third kappa shape index (κ3) is 6.33. The molecule has 188 valence electrons. The first-order chi connectivity index (χ1) is 18.0. The molecule has 3 aromatic rings. The van der Waals surface area contributed by atoms with Gasteiger partial charge in [-0.25, -0.2) is 5.01 Å². The Kier molecular flexibility index (Phi) is 8.16. The van der Waals surface area contributed by atoms with Gasteiger partial charge in [-0.2, -0.15) is 10.4 Å². The van der Waals surface area contributed by atoms with Crippen LogP contribution in [0.4, 0.5) is 11.4 Å². The second-order valence-corrected chi connectivity index (χ2v) is 8.74. The number of nitrogens with zero attached hydrogens (tertiary/aromatic N) is 4. The summed E-state index contributed by atoms with van der Waals surface area (Å²) in [5, 5.41) is 18.1. The first-order valence-corrected chi connectivity index (χ1v) is 12.1. The van der Waals surface area contributed by atoms with Gasteiger partial charge in [-0.15, -0.1) is 0 Å². The monoisotopic (exact) mass is 495 g/mol. The number of anilines is 2. The third-order valence-corrected chi connectivity index (χ3v) is 6.09. The summed E-state index contributed by atoms with van der Waals surface area (Å²) >= 11 is 0. The van der Waals surface area contributed by atoms with Crippen molar-refractivity contribution < 1.29 is 14.3 Å². The molecule has 0 bridgehead atoms. The lowest BCUT2D eigenvalue weighted by atomic mass is 10.0. The van der Waals surface area contributed by atoms with Crippen LogP contribution in [0.25, 0.3) is 0 Å². The Bertz CT molecular complexity index is 1320. The van der Waals surface area contributed by atoms with Gasteiger partial charge in [-0.3, -0.25) is 9.59 Å². The highest BCUT2D eigenvalue weighted by atomic mass is 16.5. The summed E-state index contributed by atoms with van der Waals surface area (Å²) in [5.74, 6) is 0.525. The number of amides is 2. The maximum atomic E-state index is 13.4. The van der Waals surface area contributed by atoms with Crippen LogP contribution in [0, 0.1) is 18.3 Å². The van der Waals surface area contributed by atoms with E-state index in [1.165, 1.54) is 5.01 Å². The molecule has 1 heterocycles. The average molecular weight is 496 g/mol. The van der Waals surface area contributed by atoms with Gasteiger partial charge in [0.05, 0.1) is 25.6 Å². The molecule has 0 saturated heterocycles. The summed E-state index contributed by atoms with van der Waals surface area (Å²) in [4.78, 5) is 28.1. The standard InChI is InChI=1S/C29H29N5O3/c1-21-8-6-11-24(18-21)33(17-7-16-30)27-19-26(22-9-4-3-5-10-22)34(32-27)29(36)20-28(35)31-23-12-14-25(37-2)15-13-23/h3-6,8-15,18,26H,7,17,19-20H2,1-2H3,(H,31,35)/t26-/m0/s1. The predicted octanol–water partition coefficient (Wildman–Crippen LogP) is 5.04. The molecular weight excluding hydrogens is 466 g/mol. The fraction of sp³-hybridized carbons (Fsp3) is 0.241. The molecule has 3 aromatic carbocycles. The number of hydrazone groups is 1. The summed E-state index contributed by atoms with van der Waals surface area (Å²) in [6, 6.07) is 26.4. The highest BCUT2D eigenvalue weighted by molar-refractivity contribution is 6.06. The minimum absolute atomic E-state index is 0.307. The Morgan fingerprint density at radius 1 is 1.11 bits per heavy atom. The van der Waals surface area contributed by atoms with Crippen molar-refractivity contribution in [3.63, 3.8) is 0 Å². The lowest BCUT2D eigenvalue weighted by Gasteiger charge is -2.24. The largest absolute Gasteiger partial charge is 0.497 e. The van der Waals surface area contributed by atoms with E-state index >= 15 is 0 Å². The number of rotatable bonds is 8. The number of hydrogen-bond acceptors (Lipinski definition) is 6. The van der Waals surface area contributed by atoms with Crippen molar-refractivity contribution in [3.8, 4) is 11.8 Å². The normalized spacial score (nSPS) is 14.5. The zero-order valence-corrected chi connectivity index (χ0v) is 20.9. The van der Waals surface area contributed by atoms with E-state index in [2.05, 4.69) is 11.4 Å². The number of benzene rings is 3. The minimum Gasteiger partial charge on any atom is -0.497 e. The molecular formula is C29H29N5O3. The van der Waals surface area contributed by atoms with E-state index in [0.717, 1.165) is 16.8 Å². The number of aryl methyl sites for hydroxylation is 1. The van der Waals surface area contributed by atoms with Crippen LogP contribution in [0.15, 0.2) is 84.0 Å². The van der Waals surface area contributed by atoms with Gasteiger partial charge in [-0.1, -0.05) is 42.5 Å². The van der Waals surface area contributed by atoms with Crippen molar-refractivity contribution in [1.82, 2.24) is 5.01 Å². The summed E-state index contributed by atoms with van der Waals surface area (Å²) in [6.07, 6.45) is 0.422. The van der Waals surface area contributed by atoms with Crippen molar-refractivity contribution in [3.05, 3.63) is 90.0 Å². The lowest BCUT2D eigenvalue weighted by Crippen LogP contribution is -2.31. The quantitative estimate of drug-likeness (QED) is 0.442. The van der Waals surface area contributed by atoms with Gasteiger partial charge < -0.3 is 15.0 Å². The number of ether oxygens (including phenoxy) is 1. The van der Waals surface area contributed by atoms with Gasteiger partial charge in [0.2, 0.25) is 5.91 Å². The molecule has 0 spiro atoms. The van der Waals surface area contributed by atoms with Crippen molar-refractivity contribution >= 4 is 29.0 Å². The Hall–Kier alpha value is -4.64. The van der Waals surface area contributed by atoms with Crippen molar-refractivity contribution in [1.29, 1.82) is 5.26 Å². The van der Waals surface area contributed by atoms with Gasteiger partial charge in [-0.05, 0) is 54.4 Å². The van der Waals surface area contributed by atoms with Gasteiger partial charge in [0, 0.05) is 24.3 Å². The molecule has 0 saturated carbocycles. The smallest absolute Gasteiger partial charge is 0.252 e. The average Bonchev–Trinajstić information content (AvgIpc) is 3.35. The number of carbonyl (C=O) groups excluding carboxylic acids is 2. The fourth-order valence-electron chi connectivity index (χ4n) is 4.29. The van der Waals surface area contributed by atoms with Crippen LogP contribution < -0.4 is 15.0 Å². The van der Waals surface area contributed by atoms with Crippen LogP contribution in [-0.4, -0.2) is 36.3 Å². The third-order valence-electron chi connectivity index (χ3n) is 6.09. The maximum absolute atomic E-state index is 13.4. The first-order valence-electron chi connectivity index (χ1n) is 12.1. The molecule has 2 amide bonds. The van der Waals surface area contributed by atoms with E-state index in [0.29, 0.717) is 36.7 Å². The van der Waals surface area contributed by atoms with Crippen LogP contribution in [0.2, 0.25) is 0 Å². The second-order valence-electron chi connectivity index (χ2n) is 8.74. The predicted molar refractivity (Wildman–Crippen MR) is 143 cm³/mol. The molecule has 0 unspecified atom stereocenters. The van der Waals surface area contributed by atoms with Crippen LogP contribution in [0.1, 0.15) is 36.4 Å². The molecule has 37 heavy (non-hydrogen) atoms. The van der Waals surface area contributed by atoms with Gasteiger partial charge in [0.25, 0.3) is 5.91 Å². The Morgan fingerprint density at radius 3 is 2.54 bits per heavy atom. The molecule has 0 radical (unpaired) electrons. The molecule has 1 aliphatic heterocycles. The summed E-state index contributed by atoms with van der Waals surface area (Å²) < 4.78 is 5.14. The fourth-order valence-corrected chi connectivity index (χ4v) is 4.29. The molecule has 8 nitrogen and oxygen atoms in total. The van der Waals surface area contributed by atoms with E-state index < -0.39 is 11.8 Å². The van der Waals surface area contributed by atoms with Crippen molar-refractivity contribution in [2.24, 2.45) is 5.10 Å². The zero-order valence-electron chi connectivity index (χ0n) is 20.9. The SMILES string of the molecule is COc1ccc(NC(=O)CC(=O)N2N=C(N(CCC#N)c3cccc(C)c3)C[C@H]2c2ccccc2)cc1. The Labute approximate surface area is 216 Å². The van der Waals surface area contributed by atoms with Crippen LogP contribution >= 0.6 is 0 Å². The maximum Gasteiger partial charge on any atom is 0.252 e. The van der Waals surface area contributed by atoms with E-state index in [9.17, 15) is 14.9 Å². The summed E-state index contributed by atoms with van der Waals surface area (Å²) in [5.41, 5.74) is 3.49. The molecule has 8 heteroatoms. The van der Waals surface area contributed by atoms with Crippen molar-refractivity contribution in [2.75, 3.05) is 23.9 Å². The van der Waals surface area contributed by atoms with Gasteiger partial charge in [0.1, 0.15) is 18.0 Å². The number of nitriles is 1. The lowest BCUT2D eigenvalue weighted by molar-refractivity contribution is -0.136. The number of carbonyl (C=O) groups is 2. The molecule has 1 aliphatic rings. The minimum atomic E-state index is -0.425. The van der Waals surface area contributed by atoms with Crippen LogP contribution in [-0.2, 0) is 9.59 Å². The van der Waals surface area contributed by atoms with Crippen LogP contribution in [0.3, 0.4) is 0 Å². The molecule has 1 atom stereocenters. The van der Waals surface area contributed by atoms with Crippen molar-refractivity contribution in [2.45, 2.75) is 32.2 Å². The number of hydrogen-bond donors (Lipinski definition) is 1. The summed E-state index contributed by atoms with van der Waals surface area (Å²) in [7, 11) is 1.57. The first kappa shape index (κ1) is 25.5. The molecule has 4 rings (SSSR count). The van der Waals surface area contributed by atoms with E-state index in [-0.39, 0.29) is 12.5 Å². The highest BCUT2D eigenvalue weighted by Gasteiger charge is 2.35. The number of methoxy groups -OCH3 is 1. The second kappa shape index (κ2) is 11.9. The number of nitrogens with one attached hydrogen (secondary N) is 1. The topological polar surface area (TPSA) is 98.0 Å². The summed E-state index contributed by atoms with van der Waals surface area (Å²) in [6.45, 7) is 2.45. The van der Waals surface area contributed by atoms with E-state index in [4.69, 9.17) is 9.84 Å². The Morgan fingerprint density at radius 2 is 1.86 bits per heavy atom. The Balaban J connectivity index is 1.58. The zero-order chi connectivity index (χ0) is 26.2. The molecule has 0 aliphatic carbocycles. The molecule has 0 aromatic heterocycles. The van der Waals surface area contributed by atoms with Gasteiger partial charge in [0.15, 0.2) is 0 Å². The van der Waals surface area contributed by atoms with Gasteiger partial charge >= 0.3 is 0 Å². The highest BCUT2D eigenvalue weighted by Crippen LogP contribution is 2.34. The molecule has 0 fully saturated rings. The van der Waals surface area contributed by atoms with E-state index in [1.807, 2.05) is 66.4 Å². The number of amidine groups is 1. The molecule has 1 N–H and O–H groups in total. The van der Waals surface area contributed by atoms with E-state index in [1.54, 1.807) is 31.4 Å².